The standard InChI is InChI=1S/C15H20FN5O2.HI/c1-10-3-4-11(7-12(10)16)8-19-14(17-2)18-5-6-21-13(22)9-20-15(21)23;/h3-4,7H,5-6,8-9H2,1-2H3,(H,20,23)(H2,17,18,19);1H. The number of amides is 3. The van der Waals surface area contributed by atoms with Crippen LogP contribution in [0, 0.1) is 12.7 Å². The molecule has 24 heavy (non-hydrogen) atoms. The number of imide groups is 1. The Kier molecular flexibility index (Phi) is 7.89. The van der Waals surface area contributed by atoms with Crippen LogP contribution in [0.2, 0.25) is 0 Å². The Labute approximate surface area is 157 Å². The van der Waals surface area contributed by atoms with Crippen molar-refractivity contribution < 1.29 is 14.0 Å². The van der Waals surface area contributed by atoms with E-state index in [4.69, 9.17) is 0 Å². The molecule has 0 spiro atoms. The first-order chi connectivity index (χ1) is 11.0. The molecule has 3 N–H and O–H groups in total. The Balaban J connectivity index is 0.00000288. The summed E-state index contributed by atoms with van der Waals surface area (Å²) in [6.07, 6.45) is 0. The number of nitrogens with one attached hydrogen (secondary N) is 3. The first-order valence-electron chi connectivity index (χ1n) is 7.29. The van der Waals surface area contributed by atoms with Crippen molar-refractivity contribution in [2.75, 3.05) is 26.7 Å². The first-order valence-corrected chi connectivity index (χ1v) is 7.29. The fourth-order valence-corrected chi connectivity index (χ4v) is 2.12. The third-order valence-corrected chi connectivity index (χ3v) is 3.48. The molecular weight excluding hydrogens is 428 g/mol. The second-order valence-corrected chi connectivity index (χ2v) is 5.14. The number of urea groups is 1. The molecule has 1 aliphatic heterocycles. The fraction of sp³-hybridized carbons (Fsp3) is 0.400. The van der Waals surface area contributed by atoms with E-state index < -0.39 is 0 Å². The molecule has 9 heteroatoms. The monoisotopic (exact) mass is 449 g/mol. The molecule has 0 unspecified atom stereocenters. The third kappa shape index (κ3) is 5.32. The molecule has 1 aromatic rings. The maximum absolute atomic E-state index is 13.5. The quantitative estimate of drug-likeness (QED) is 0.271. The molecule has 1 aromatic carbocycles. The molecule has 2 rings (SSSR count). The van der Waals surface area contributed by atoms with Crippen LogP contribution in [0.25, 0.3) is 0 Å². The van der Waals surface area contributed by atoms with E-state index in [0.717, 1.165) is 10.5 Å². The van der Waals surface area contributed by atoms with Crippen molar-refractivity contribution in [2.24, 2.45) is 4.99 Å². The van der Waals surface area contributed by atoms with Crippen LogP contribution in [-0.4, -0.2) is 49.5 Å². The second-order valence-electron chi connectivity index (χ2n) is 5.14. The van der Waals surface area contributed by atoms with Crippen molar-refractivity contribution in [3.05, 3.63) is 35.1 Å². The van der Waals surface area contributed by atoms with Crippen molar-refractivity contribution in [3.8, 4) is 0 Å². The van der Waals surface area contributed by atoms with Gasteiger partial charge in [0.15, 0.2) is 5.96 Å². The Morgan fingerprint density at radius 3 is 2.71 bits per heavy atom. The van der Waals surface area contributed by atoms with Crippen LogP contribution >= 0.6 is 24.0 Å². The molecule has 0 bridgehead atoms. The number of hydrogen-bond donors (Lipinski definition) is 3. The van der Waals surface area contributed by atoms with Gasteiger partial charge in [0.05, 0.1) is 6.54 Å². The molecule has 0 aliphatic carbocycles. The van der Waals surface area contributed by atoms with Gasteiger partial charge in [-0.05, 0) is 24.1 Å². The highest BCUT2D eigenvalue weighted by molar-refractivity contribution is 14.0. The third-order valence-electron chi connectivity index (χ3n) is 3.48. The van der Waals surface area contributed by atoms with Gasteiger partial charge in [0.1, 0.15) is 5.82 Å². The number of benzene rings is 1. The van der Waals surface area contributed by atoms with Crippen LogP contribution in [0.15, 0.2) is 23.2 Å². The van der Waals surface area contributed by atoms with E-state index in [1.165, 1.54) is 6.07 Å². The van der Waals surface area contributed by atoms with Gasteiger partial charge in [0, 0.05) is 26.7 Å². The van der Waals surface area contributed by atoms with Gasteiger partial charge in [-0.2, -0.15) is 0 Å². The van der Waals surface area contributed by atoms with E-state index in [9.17, 15) is 14.0 Å². The number of nitrogens with zero attached hydrogens (tertiary/aromatic N) is 2. The van der Waals surface area contributed by atoms with Gasteiger partial charge in [-0.3, -0.25) is 14.7 Å². The predicted octanol–water partition coefficient (Wildman–Crippen LogP) is 0.969. The lowest BCUT2D eigenvalue weighted by molar-refractivity contribution is -0.124. The molecule has 0 radical (unpaired) electrons. The number of aryl methyl sites for hydroxylation is 1. The molecule has 7 nitrogen and oxygen atoms in total. The van der Waals surface area contributed by atoms with Crippen LogP contribution in [0.4, 0.5) is 9.18 Å². The zero-order chi connectivity index (χ0) is 16.8. The topological polar surface area (TPSA) is 85.8 Å². The molecule has 132 valence electrons. The highest BCUT2D eigenvalue weighted by Crippen LogP contribution is 2.08. The van der Waals surface area contributed by atoms with E-state index >= 15 is 0 Å². The van der Waals surface area contributed by atoms with Crippen molar-refractivity contribution >= 4 is 41.9 Å². The summed E-state index contributed by atoms with van der Waals surface area (Å²) in [5.74, 6) is 0.0266. The van der Waals surface area contributed by atoms with Gasteiger partial charge >= 0.3 is 6.03 Å². The zero-order valence-corrected chi connectivity index (χ0v) is 15.9. The molecule has 1 heterocycles. The lowest BCUT2D eigenvalue weighted by Gasteiger charge is -2.15. The van der Waals surface area contributed by atoms with E-state index in [1.807, 2.05) is 6.07 Å². The van der Waals surface area contributed by atoms with Gasteiger partial charge in [-0.1, -0.05) is 12.1 Å². The molecule has 1 saturated heterocycles. The van der Waals surface area contributed by atoms with E-state index in [-0.39, 0.29) is 54.8 Å². The summed E-state index contributed by atoms with van der Waals surface area (Å²) < 4.78 is 13.5. The van der Waals surface area contributed by atoms with Gasteiger partial charge in [0.25, 0.3) is 0 Å². The van der Waals surface area contributed by atoms with Gasteiger partial charge < -0.3 is 16.0 Å². The maximum Gasteiger partial charge on any atom is 0.324 e. The first kappa shape index (κ1) is 20.1. The maximum atomic E-state index is 13.5. The minimum absolute atomic E-state index is 0. The summed E-state index contributed by atoms with van der Waals surface area (Å²) in [5.41, 5.74) is 1.40. The minimum atomic E-state index is -0.380. The summed E-state index contributed by atoms with van der Waals surface area (Å²) in [6, 6.07) is 4.66. The summed E-state index contributed by atoms with van der Waals surface area (Å²) >= 11 is 0. The van der Waals surface area contributed by atoms with Crippen molar-refractivity contribution in [1.82, 2.24) is 20.9 Å². The van der Waals surface area contributed by atoms with Crippen LogP contribution in [0.5, 0.6) is 0 Å². The molecule has 1 fully saturated rings. The van der Waals surface area contributed by atoms with Crippen LogP contribution < -0.4 is 16.0 Å². The number of aliphatic imine (C=N–C) groups is 1. The number of carbonyl (C=O) groups is 2. The fourth-order valence-electron chi connectivity index (χ4n) is 2.12. The number of hydrogen-bond acceptors (Lipinski definition) is 3. The smallest absolute Gasteiger partial charge is 0.324 e. The normalized spacial score (nSPS) is 14.3. The summed E-state index contributed by atoms with van der Waals surface area (Å²) in [6.45, 7) is 2.80. The number of carbonyl (C=O) groups excluding carboxylic acids is 2. The van der Waals surface area contributed by atoms with E-state index in [1.54, 1.807) is 20.0 Å². The Hall–Kier alpha value is -1.91. The summed E-state index contributed by atoms with van der Waals surface area (Å²) in [7, 11) is 1.61. The number of rotatable bonds is 5. The largest absolute Gasteiger partial charge is 0.355 e. The molecule has 0 atom stereocenters. The Morgan fingerprint density at radius 1 is 1.38 bits per heavy atom. The molecule has 0 aromatic heterocycles. The Bertz CT molecular complexity index is 622. The second kappa shape index (κ2) is 9.40. The van der Waals surface area contributed by atoms with Crippen LogP contribution in [-0.2, 0) is 11.3 Å². The Morgan fingerprint density at radius 2 is 2.12 bits per heavy atom. The molecular formula is C15H21FIN5O2. The van der Waals surface area contributed by atoms with Crippen LogP contribution in [0.3, 0.4) is 0 Å². The summed E-state index contributed by atoms with van der Waals surface area (Å²) in [5, 5.41) is 8.51. The van der Waals surface area contributed by atoms with Crippen LogP contribution in [0.1, 0.15) is 11.1 Å². The summed E-state index contributed by atoms with van der Waals surface area (Å²) in [4.78, 5) is 28.0. The SMILES string of the molecule is CN=C(NCCN1C(=O)CNC1=O)NCc1ccc(C)c(F)c1.I. The van der Waals surface area contributed by atoms with E-state index in [2.05, 4.69) is 20.9 Å². The highest BCUT2D eigenvalue weighted by Gasteiger charge is 2.27. The van der Waals surface area contributed by atoms with Gasteiger partial charge in [0.2, 0.25) is 5.91 Å². The number of guanidine groups is 1. The van der Waals surface area contributed by atoms with Crippen molar-refractivity contribution in [1.29, 1.82) is 0 Å². The molecule has 3 amide bonds. The van der Waals surface area contributed by atoms with Gasteiger partial charge in [-0.15, -0.1) is 24.0 Å². The van der Waals surface area contributed by atoms with Crippen molar-refractivity contribution in [2.45, 2.75) is 13.5 Å². The average molecular weight is 449 g/mol. The van der Waals surface area contributed by atoms with Gasteiger partial charge in [-0.25, -0.2) is 9.18 Å². The van der Waals surface area contributed by atoms with E-state index in [0.29, 0.717) is 24.6 Å². The average Bonchev–Trinajstić information content (AvgIpc) is 2.85. The minimum Gasteiger partial charge on any atom is -0.355 e. The lowest BCUT2D eigenvalue weighted by Crippen LogP contribution is -2.43. The predicted molar refractivity (Wildman–Crippen MR) is 99.9 cm³/mol. The number of halogens is 2. The molecule has 0 saturated carbocycles. The van der Waals surface area contributed by atoms with Crippen molar-refractivity contribution in [3.63, 3.8) is 0 Å². The zero-order valence-electron chi connectivity index (χ0n) is 13.6. The highest BCUT2D eigenvalue weighted by atomic mass is 127. The molecule has 1 aliphatic rings. The lowest BCUT2D eigenvalue weighted by atomic mass is 10.1.